The quantitative estimate of drug-likeness (QED) is 0.772. The molecule has 1 N–H and O–H groups in total. The normalized spacial score (nSPS) is 14.8. The van der Waals surface area contributed by atoms with Gasteiger partial charge >= 0.3 is 0 Å². The first kappa shape index (κ1) is 13.2. The third-order valence-electron chi connectivity index (χ3n) is 3.54. The Morgan fingerprint density at radius 1 is 1.12 bits per heavy atom. The van der Waals surface area contributed by atoms with Gasteiger partial charge in [0.1, 0.15) is 0 Å². The minimum atomic E-state index is 0.263. The summed E-state index contributed by atoms with van der Waals surface area (Å²) in [6, 6.07) is 9.16. The molecule has 1 aromatic rings. The third-order valence-corrected chi connectivity index (χ3v) is 3.54. The fraction of sp³-hybridized carbons (Fsp3) is 0.600. The van der Waals surface area contributed by atoms with Crippen LogP contribution in [0.3, 0.4) is 0 Å². The predicted molar refractivity (Wildman–Crippen MR) is 72.0 cm³/mol. The van der Waals surface area contributed by atoms with Gasteiger partial charge in [-0.15, -0.1) is 0 Å². The summed E-state index contributed by atoms with van der Waals surface area (Å²) in [6.07, 6.45) is 3.58. The lowest BCUT2D eigenvalue weighted by atomic mass is 9.79. The van der Waals surface area contributed by atoms with Crippen LogP contribution in [-0.4, -0.2) is 13.6 Å². The molecule has 0 radical (unpaired) electrons. The highest BCUT2D eigenvalue weighted by Crippen LogP contribution is 2.27. The van der Waals surface area contributed by atoms with Gasteiger partial charge in [0.25, 0.3) is 0 Å². The Morgan fingerprint density at radius 3 is 2.19 bits per heavy atom. The Labute approximate surface area is 100 Å². The highest BCUT2D eigenvalue weighted by molar-refractivity contribution is 5.29. The van der Waals surface area contributed by atoms with Gasteiger partial charge in [-0.2, -0.15) is 0 Å². The molecule has 1 unspecified atom stereocenters. The number of rotatable bonds is 6. The molecule has 0 aliphatic heterocycles. The van der Waals surface area contributed by atoms with Gasteiger partial charge in [0.2, 0.25) is 0 Å². The van der Waals surface area contributed by atoms with E-state index in [1.54, 1.807) is 0 Å². The van der Waals surface area contributed by atoms with E-state index in [1.807, 2.05) is 7.05 Å². The molecular weight excluding hydrogens is 194 g/mol. The second kappa shape index (κ2) is 6.05. The van der Waals surface area contributed by atoms with Crippen LogP contribution in [0.15, 0.2) is 24.3 Å². The highest BCUT2D eigenvalue weighted by Gasteiger charge is 2.23. The van der Waals surface area contributed by atoms with Crippen LogP contribution in [0, 0.1) is 0 Å². The van der Waals surface area contributed by atoms with Gasteiger partial charge in [-0.05, 0) is 31.0 Å². The summed E-state index contributed by atoms with van der Waals surface area (Å²) in [7, 11) is 2.03. The monoisotopic (exact) mass is 219 g/mol. The fourth-order valence-electron chi connectivity index (χ4n) is 2.18. The zero-order valence-electron chi connectivity index (χ0n) is 11.1. The van der Waals surface area contributed by atoms with Crippen LogP contribution < -0.4 is 5.32 Å². The Morgan fingerprint density at radius 2 is 1.75 bits per heavy atom. The minimum absolute atomic E-state index is 0.263. The van der Waals surface area contributed by atoms with Gasteiger partial charge in [0, 0.05) is 12.0 Å². The molecule has 0 saturated heterocycles. The lowest BCUT2D eigenvalue weighted by Gasteiger charge is -2.28. The van der Waals surface area contributed by atoms with E-state index >= 15 is 0 Å². The van der Waals surface area contributed by atoms with E-state index in [0.29, 0.717) is 0 Å². The summed E-state index contributed by atoms with van der Waals surface area (Å²) >= 11 is 0. The summed E-state index contributed by atoms with van der Waals surface area (Å²) < 4.78 is 0. The molecule has 1 rings (SSSR count). The van der Waals surface area contributed by atoms with Gasteiger partial charge in [-0.3, -0.25) is 0 Å². The zero-order chi connectivity index (χ0) is 12.0. The molecule has 1 atom stereocenters. The molecule has 0 aliphatic carbocycles. The lowest BCUT2D eigenvalue weighted by Crippen LogP contribution is -2.33. The van der Waals surface area contributed by atoms with E-state index in [1.165, 1.54) is 30.4 Å². The Hall–Kier alpha value is -0.820. The molecule has 0 aliphatic rings. The van der Waals surface area contributed by atoms with Crippen molar-refractivity contribution in [3.05, 3.63) is 35.4 Å². The number of aryl methyl sites for hydroxylation is 1. The van der Waals surface area contributed by atoms with E-state index in [2.05, 4.69) is 50.4 Å². The predicted octanol–water partition coefficient (Wildman–Crippen LogP) is 3.53. The maximum absolute atomic E-state index is 3.30. The van der Waals surface area contributed by atoms with E-state index in [-0.39, 0.29) is 5.41 Å². The van der Waals surface area contributed by atoms with E-state index < -0.39 is 0 Å². The van der Waals surface area contributed by atoms with Gasteiger partial charge < -0.3 is 5.32 Å². The molecular formula is C15H25N. The topological polar surface area (TPSA) is 12.0 Å². The molecule has 0 heterocycles. The Bertz CT molecular complexity index is 302. The first-order valence-electron chi connectivity index (χ1n) is 6.40. The number of nitrogens with one attached hydrogen (secondary N) is 1. The average molecular weight is 219 g/mol. The second-order valence-electron chi connectivity index (χ2n) is 4.89. The van der Waals surface area contributed by atoms with Gasteiger partial charge in [-0.1, -0.05) is 51.5 Å². The van der Waals surface area contributed by atoms with Crippen LogP contribution >= 0.6 is 0 Å². The van der Waals surface area contributed by atoms with E-state index in [4.69, 9.17) is 0 Å². The third kappa shape index (κ3) is 3.08. The summed E-state index contributed by atoms with van der Waals surface area (Å²) in [5, 5.41) is 3.30. The first-order chi connectivity index (χ1) is 7.66. The van der Waals surface area contributed by atoms with Crippen molar-refractivity contribution < 1.29 is 0 Å². The summed E-state index contributed by atoms with van der Waals surface area (Å²) in [5.41, 5.74) is 3.16. The van der Waals surface area contributed by atoms with Crippen LogP contribution in [0.4, 0.5) is 0 Å². The molecule has 0 bridgehead atoms. The van der Waals surface area contributed by atoms with E-state index in [9.17, 15) is 0 Å². The Balaban J connectivity index is 2.85. The molecule has 0 amide bonds. The fourth-order valence-corrected chi connectivity index (χ4v) is 2.18. The molecule has 0 spiro atoms. The molecule has 90 valence electrons. The van der Waals surface area contributed by atoms with Crippen molar-refractivity contribution >= 4 is 0 Å². The van der Waals surface area contributed by atoms with Crippen molar-refractivity contribution in [1.29, 1.82) is 0 Å². The molecule has 1 aromatic carbocycles. The van der Waals surface area contributed by atoms with Crippen LogP contribution in [0.1, 0.15) is 44.7 Å². The van der Waals surface area contributed by atoms with E-state index in [0.717, 1.165) is 6.54 Å². The molecule has 1 heteroatoms. The maximum atomic E-state index is 3.30. The number of likely N-dealkylation sites (N-methyl/N-ethyl adjacent to an activating group) is 1. The minimum Gasteiger partial charge on any atom is -0.319 e. The van der Waals surface area contributed by atoms with Crippen LogP contribution in [0.25, 0.3) is 0 Å². The second-order valence-corrected chi connectivity index (χ2v) is 4.89. The van der Waals surface area contributed by atoms with Gasteiger partial charge in [-0.25, -0.2) is 0 Å². The molecule has 16 heavy (non-hydrogen) atoms. The molecule has 1 nitrogen and oxygen atoms in total. The largest absolute Gasteiger partial charge is 0.319 e. The van der Waals surface area contributed by atoms with Crippen molar-refractivity contribution in [2.45, 2.75) is 45.4 Å². The summed E-state index contributed by atoms with van der Waals surface area (Å²) in [4.78, 5) is 0. The van der Waals surface area contributed by atoms with Crippen molar-refractivity contribution in [2.75, 3.05) is 13.6 Å². The summed E-state index contributed by atoms with van der Waals surface area (Å²) in [5.74, 6) is 0. The number of hydrogen-bond acceptors (Lipinski definition) is 1. The average Bonchev–Trinajstić information content (AvgIpc) is 2.30. The standard InChI is InChI=1S/C15H25N/c1-5-7-13-8-10-14(11-9-13)15(3,6-2)12-16-4/h8-11,16H,5-7,12H2,1-4H3. The first-order valence-corrected chi connectivity index (χ1v) is 6.40. The van der Waals surface area contributed by atoms with Crippen LogP contribution in [0.5, 0.6) is 0 Å². The zero-order valence-corrected chi connectivity index (χ0v) is 11.1. The van der Waals surface area contributed by atoms with Gasteiger partial charge in [0.05, 0.1) is 0 Å². The lowest BCUT2D eigenvalue weighted by molar-refractivity contribution is 0.433. The maximum Gasteiger partial charge on any atom is 0.00468 e. The Kier molecular flexibility index (Phi) is 5.01. The molecule has 0 aromatic heterocycles. The van der Waals surface area contributed by atoms with Crippen molar-refractivity contribution in [2.24, 2.45) is 0 Å². The van der Waals surface area contributed by atoms with Crippen molar-refractivity contribution in [3.8, 4) is 0 Å². The van der Waals surface area contributed by atoms with Crippen LogP contribution in [-0.2, 0) is 11.8 Å². The smallest absolute Gasteiger partial charge is 0.00468 e. The number of benzene rings is 1. The highest BCUT2D eigenvalue weighted by atomic mass is 14.8. The van der Waals surface area contributed by atoms with Crippen molar-refractivity contribution in [1.82, 2.24) is 5.32 Å². The van der Waals surface area contributed by atoms with Crippen molar-refractivity contribution in [3.63, 3.8) is 0 Å². The van der Waals surface area contributed by atoms with Gasteiger partial charge in [0.15, 0.2) is 0 Å². The molecule has 0 fully saturated rings. The SMILES string of the molecule is CCCc1ccc(C(C)(CC)CNC)cc1. The number of hydrogen-bond donors (Lipinski definition) is 1. The van der Waals surface area contributed by atoms with Crippen LogP contribution in [0.2, 0.25) is 0 Å². The molecule has 0 saturated carbocycles. The summed E-state index contributed by atoms with van der Waals surface area (Å²) in [6.45, 7) is 7.86.